The summed E-state index contributed by atoms with van der Waals surface area (Å²) >= 11 is 6.29. The van der Waals surface area contributed by atoms with Crippen molar-refractivity contribution in [1.82, 2.24) is 5.32 Å². The molecule has 4 rings (SSSR count). The van der Waals surface area contributed by atoms with Gasteiger partial charge in [0.05, 0.1) is 16.4 Å². The number of para-hydroxylation sites is 1. The zero-order chi connectivity index (χ0) is 28.0. The molecule has 0 saturated heterocycles. The third-order valence-corrected chi connectivity index (χ3v) is 6.37. The Labute approximate surface area is 224 Å². The standard InChI is InChI=1S/C23H22ClF3N4O3.C4H8/c1-12-4-2-5-13(10-12)18-15-6-3-7-16(24)19(15)30-22(34)20(29-18)31-21(33)14(11-17(28)32)8-9-23(25,26)27;1-4-2-3-4/h2-7,10,14,20H,8-9,11H2,1H3,(H2,28,32)(H,30,34)(H,31,33);4H,2-3H2,1H3. The molecule has 2 aromatic carbocycles. The van der Waals surface area contributed by atoms with Gasteiger partial charge in [0.25, 0.3) is 5.91 Å². The maximum Gasteiger partial charge on any atom is 0.389 e. The van der Waals surface area contributed by atoms with E-state index in [4.69, 9.17) is 17.3 Å². The zero-order valence-corrected chi connectivity index (χ0v) is 21.8. The van der Waals surface area contributed by atoms with E-state index in [1.165, 1.54) is 12.8 Å². The molecule has 0 aromatic heterocycles. The number of nitrogens with zero attached hydrogens (tertiary/aromatic N) is 1. The number of halogens is 4. The molecule has 1 fully saturated rings. The Morgan fingerprint density at radius 1 is 1.21 bits per heavy atom. The van der Waals surface area contributed by atoms with Crippen LogP contribution in [0.25, 0.3) is 0 Å². The first-order valence-corrected chi connectivity index (χ1v) is 12.6. The average molecular weight is 551 g/mol. The van der Waals surface area contributed by atoms with E-state index in [2.05, 4.69) is 22.5 Å². The van der Waals surface area contributed by atoms with Gasteiger partial charge in [-0.1, -0.05) is 67.3 Å². The molecule has 3 amide bonds. The minimum absolute atomic E-state index is 0.245. The summed E-state index contributed by atoms with van der Waals surface area (Å²) in [6, 6.07) is 12.2. The van der Waals surface area contributed by atoms with E-state index >= 15 is 0 Å². The highest BCUT2D eigenvalue weighted by Crippen LogP contribution is 2.31. The number of benzodiazepines with no additional fused rings is 1. The van der Waals surface area contributed by atoms with Crippen molar-refractivity contribution < 1.29 is 27.6 Å². The van der Waals surface area contributed by atoms with Crippen LogP contribution in [0.5, 0.6) is 0 Å². The Bertz CT molecular complexity index is 1230. The summed E-state index contributed by atoms with van der Waals surface area (Å²) in [4.78, 5) is 41.5. The van der Waals surface area contributed by atoms with Crippen LogP contribution in [-0.4, -0.2) is 35.8 Å². The molecule has 7 nitrogen and oxygen atoms in total. The van der Waals surface area contributed by atoms with Crippen LogP contribution in [0, 0.1) is 18.8 Å². The van der Waals surface area contributed by atoms with Gasteiger partial charge in [-0.05, 0) is 31.4 Å². The lowest BCUT2D eigenvalue weighted by molar-refractivity contribution is -0.143. The predicted molar refractivity (Wildman–Crippen MR) is 140 cm³/mol. The molecule has 1 saturated carbocycles. The summed E-state index contributed by atoms with van der Waals surface area (Å²) in [5.41, 5.74) is 7.83. The van der Waals surface area contributed by atoms with Gasteiger partial charge in [-0.25, -0.2) is 4.99 Å². The van der Waals surface area contributed by atoms with Crippen molar-refractivity contribution in [2.24, 2.45) is 22.6 Å². The number of anilines is 1. The van der Waals surface area contributed by atoms with Crippen molar-refractivity contribution in [1.29, 1.82) is 0 Å². The van der Waals surface area contributed by atoms with Crippen LogP contribution in [0.2, 0.25) is 5.02 Å². The number of nitrogens with one attached hydrogen (secondary N) is 2. The number of carbonyl (C=O) groups is 3. The van der Waals surface area contributed by atoms with E-state index in [1.54, 1.807) is 30.3 Å². The minimum Gasteiger partial charge on any atom is -0.370 e. The molecular formula is C27H30ClF3N4O3. The van der Waals surface area contributed by atoms with E-state index in [-0.39, 0.29) is 10.7 Å². The highest BCUT2D eigenvalue weighted by atomic mass is 35.5. The van der Waals surface area contributed by atoms with Crippen LogP contribution in [0.4, 0.5) is 18.9 Å². The van der Waals surface area contributed by atoms with E-state index in [1.807, 2.05) is 19.1 Å². The second kappa shape index (κ2) is 12.4. The predicted octanol–water partition coefficient (Wildman–Crippen LogP) is 5.13. The largest absolute Gasteiger partial charge is 0.389 e. The lowest BCUT2D eigenvalue weighted by Crippen LogP contribution is -2.45. The van der Waals surface area contributed by atoms with Crippen molar-refractivity contribution >= 4 is 40.7 Å². The molecule has 2 unspecified atom stereocenters. The number of alkyl halides is 3. The molecule has 2 aliphatic rings. The number of nitrogens with two attached hydrogens (primary N) is 1. The monoisotopic (exact) mass is 550 g/mol. The van der Waals surface area contributed by atoms with Crippen molar-refractivity contribution in [3.8, 4) is 0 Å². The van der Waals surface area contributed by atoms with Crippen LogP contribution < -0.4 is 16.4 Å². The highest BCUT2D eigenvalue weighted by Gasteiger charge is 2.34. The number of carbonyl (C=O) groups excluding carboxylic acids is 3. The second-order valence-corrected chi connectivity index (χ2v) is 10.0. The molecule has 1 aliphatic carbocycles. The molecule has 0 bridgehead atoms. The van der Waals surface area contributed by atoms with Crippen molar-refractivity contribution in [3.63, 3.8) is 0 Å². The van der Waals surface area contributed by atoms with Crippen LogP contribution >= 0.6 is 11.6 Å². The molecule has 2 atom stereocenters. The van der Waals surface area contributed by atoms with Gasteiger partial charge in [-0.2, -0.15) is 13.2 Å². The van der Waals surface area contributed by atoms with Gasteiger partial charge in [-0.15, -0.1) is 0 Å². The maximum absolute atomic E-state index is 12.9. The number of benzene rings is 2. The van der Waals surface area contributed by atoms with Crippen LogP contribution in [0.3, 0.4) is 0 Å². The van der Waals surface area contributed by atoms with E-state index in [0.29, 0.717) is 16.8 Å². The number of aryl methyl sites for hydroxylation is 1. The Morgan fingerprint density at radius 2 is 1.87 bits per heavy atom. The van der Waals surface area contributed by atoms with Gasteiger partial charge in [0.2, 0.25) is 18.0 Å². The molecule has 4 N–H and O–H groups in total. The average Bonchev–Trinajstić information content (AvgIpc) is 3.63. The third-order valence-electron chi connectivity index (χ3n) is 6.05. The number of rotatable bonds is 7. The van der Waals surface area contributed by atoms with E-state index in [9.17, 15) is 27.6 Å². The number of fused-ring (bicyclic) bond motifs is 1. The molecular weight excluding hydrogens is 521 g/mol. The number of amides is 3. The summed E-state index contributed by atoms with van der Waals surface area (Å²) in [6.07, 6.45) is -5.57. The highest BCUT2D eigenvalue weighted by molar-refractivity contribution is 6.36. The summed E-state index contributed by atoms with van der Waals surface area (Å²) in [5.74, 6) is -2.90. The smallest absolute Gasteiger partial charge is 0.370 e. The fourth-order valence-corrected chi connectivity index (χ4v) is 3.97. The SMILES string of the molecule is CC1CC1.Cc1cccc(C2=NC(NC(=O)C(CCC(F)(F)F)CC(N)=O)C(=O)Nc3c(Cl)cccc32)c1. The first-order chi connectivity index (χ1) is 17.8. The number of hydrogen-bond donors (Lipinski definition) is 3. The molecule has 1 aliphatic heterocycles. The number of hydrogen-bond acceptors (Lipinski definition) is 4. The number of aliphatic imine (C=N–C) groups is 1. The van der Waals surface area contributed by atoms with Gasteiger partial charge in [0, 0.05) is 29.9 Å². The zero-order valence-electron chi connectivity index (χ0n) is 21.1. The van der Waals surface area contributed by atoms with Gasteiger partial charge in [0.1, 0.15) is 0 Å². The van der Waals surface area contributed by atoms with Crippen molar-refractivity contribution in [2.45, 2.75) is 58.3 Å². The van der Waals surface area contributed by atoms with Crippen molar-refractivity contribution in [3.05, 3.63) is 64.2 Å². The summed E-state index contributed by atoms with van der Waals surface area (Å²) in [6.45, 7) is 4.15. The molecule has 1 heterocycles. The van der Waals surface area contributed by atoms with Gasteiger partial charge >= 0.3 is 6.18 Å². The normalized spacial score (nSPS) is 17.6. The third kappa shape index (κ3) is 8.58. The first-order valence-electron chi connectivity index (χ1n) is 12.2. The maximum atomic E-state index is 12.9. The first kappa shape index (κ1) is 29.2. The molecule has 204 valence electrons. The lowest BCUT2D eigenvalue weighted by atomic mass is 9.97. The fourth-order valence-electron chi connectivity index (χ4n) is 3.74. The molecule has 0 spiro atoms. The van der Waals surface area contributed by atoms with Crippen molar-refractivity contribution in [2.75, 3.05) is 5.32 Å². The molecule has 2 aromatic rings. The summed E-state index contributed by atoms with van der Waals surface area (Å²) in [7, 11) is 0. The number of primary amides is 1. The quantitative estimate of drug-likeness (QED) is 0.444. The molecule has 11 heteroatoms. The summed E-state index contributed by atoms with van der Waals surface area (Å²) in [5, 5.41) is 5.23. The molecule has 38 heavy (non-hydrogen) atoms. The van der Waals surface area contributed by atoms with E-state index in [0.717, 1.165) is 11.5 Å². The Kier molecular flexibility index (Phi) is 9.54. The Morgan fingerprint density at radius 3 is 2.45 bits per heavy atom. The van der Waals surface area contributed by atoms with Gasteiger partial charge < -0.3 is 16.4 Å². The van der Waals surface area contributed by atoms with Gasteiger partial charge in [-0.3, -0.25) is 14.4 Å². The van der Waals surface area contributed by atoms with Gasteiger partial charge in [0.15, 0.2) is 0 Å². The van der Waals surface area contributed by atoms with Crippen LogP contribution in [0.1, 0.15) is 55.7 Å². The van der Waals surface area contributed by atoms with Crippen LogP contribution in [-0.2, 0) is 14.4 Å². The molecule has 0 radical (unpaired) electrons. The minimum atomic E-state index is -4.52. The lowest BCUT2D eigenvalue weighted by Gasteiger charge is -2.19. The fraction of sp³-hybridized carbons (Fsp3) is 0.407. The topological polar surface area (TPSA) is 114 Å². The summed E-state index contributed by atoms with van der Waals surface area (Å²) < 4.78 is 38.1. The Hall–Kier alpha value is -3.40. The Balaban J connectivity index is 0.000000912. The van der Waals surface area contributed by atoms with E-state index < -0.39 is 55.2 Å². The van der Waals surface area contributed by atoms with Crippen LogP contribution in [0.15, 0.2) is 47.5 Å². The second-order valence-electron chi connectivity index (χ2n) is 9.61.